The lowest BCUT2D eigenvalue weighted by Gasteiger charge is -2.35. The molecule has 5 rings (SSSR count). The maximum absolute atomic E-state index is 13.8. The Balaban J connectivity index is 1.46. The van der Waals surface area contributed by atoms with Crippen molar-refractivity contribution in [2.75, 3.05) is 31.1 Å². The van der Waals surface area contributed by atoms with Gasteiger partial charge in [0.15, 0.2) is 5.65 Å². The number of hydrogen-bond acceptors (Lipinski definition) is 6. The molecule has 1 amide bonds. The summed E-state index contributed by atoms with van der Waals surface area (Å²) in [5.41, 5.74) is 4.23. The van der Waals surface area contributed by atoms with Crippen molar-refractivity contribution in [2.45, 2.75) is 65.8 Å². The number of anilines is 1. The molecule has 3 aromatic heterocycles. The summed E-state index contributed by atoms with van der Waals surface area (Å²) in [6.07, 6.45) is 2.29. The monoisotopic (exact) mass is 447 g/mol. The van der Waals surface area contributed by atoms with Gasteiger partial charge in [0.05, 0.1) is 22.2 Å². The number of rotatable bonds is 3. The van der Waals surface area contributed by atoms with Crippen molar-refractivity contribution >= 4 is 22.8 Å². The summed E-state index contributed by atoms with van der Waals surface area (Å²) < 4.78 is 1.98. The fraction of sp³-hybridized carbons (Fsp3) is 0.560. The van der Waals surface area contributed by atoms with Gasteiger partial charge in [-0.3, -0.25) is 4.79 Å². The lowest BCUT2D eigenvalue weighted by Crippen LogP contribution is -2.49. The number of nitrogens with zero attached hydrogens (tertiary/aromatic N) is 7. The number of carbonyl (C=O) groups excluding carboxylic acids is 1. The normalized spacial score (nSPS) is 17.2. The van der Waals surface area contributed by atoms with Crippen molar-refractivity contribution < 1.29 is 4.79 Å². The van der Waals surface area contributed by atoms with Crippen LogP contribution in [0.1, 0.15) is 72.8 Å². The molecule has 0 atom stereocenters. The van der Waals surface area contributed by atoms with E-state index in [0.29, 0.717) is 19.0 Å². The van der Waals surface area contributed by atoms with Crippen molar-refractivity contribution in [3.63, 3.8) is 0 Å². The molecule has 0 unspecified atom stereocenters. The van der Waals surface area contributed by atoms with Crippen molar-refractivity contribution in [3.8, 4) is 0 Å². The third kappa shape index (κ3) is 4.07. The van der Waals surface area contributed by atoms with Crippen LogP contribution in [0.15, 0.2) is 12.1 Å². The summed E-state index contributed by atoms with van der Waals surface area (Å²) in [6.45, 7) is 15.1. The number of aromatic nitrogens is 5. The molecule has 1 aliphatic carbocycles. The molecule has 8 heteroatoms. The van der Waals surface area contributed by atoms with E-state index in [2.05, 4.69) is 35.6 Å². The maximum atomic E-state index is 13.8. The van der Waals surface area contributed by atoms with Gasteiger partial charge >= 0.3 is 0 Å². The van der Waals surface area contributed by atoms with Crippen LogP contribution in [0.25, 0.3) is 11.0 Å². The molecule has 2 fully saturated rings. The Labute approximate surface area is 195 Å². The standard InChI is InChI=1S/C25H33N7O/c1-15-13-21(27-17(3)26-15)30-9-11-31(12-10-30)24(33)19-14-20(18-7-8-18)28-23-22(19)16(2)29-32(23)25(4,5)6/h13-14,18H,7-12H2,1-6H3. The maximum Gasteiger partial charge on any atom is 0.254 e. The van der Waals surface area contributed by atoms with E-state index in [-0.39, 0.29) is 11.4 Å². The van der Waals surface area contributed by atoms with Crippen LogP contribution in [0.5, 0.6) is 0 Å². The molecular weight excluding hydrogens is 414 g/mol. The highest BCUT2D eigenvalue weighted by atomic mass is 16.2. The van der Waals surface area contributed by atoms with Gasteiger partial charge in [-0.05, 0) is 60.5 Å². The van der Waals surface area contributed by atoms with E-state index in [0.717, 1.165) is 71.3 Å². The Morgan fingerprint density at radius 3 is 2.27 bits per heavy atom. The molecule has 174 valence electrons. The van der Waals surface area contributed by atoms with Gasteiger partial charge in [0.25, 0.3) is 5.91 Å². The van der Waals surface area contributed by atoms with E-state index in [1.807, 2.05) is 42.5 Å². The molecule has 3 aromatic rings. The SMILES string of the molecule is Cc1cc(N2CCN(C(=O)c3cc(C4CC4)nc4c3c(C)nn4C(C)(C)C)CC2)nc(C)n1. The van der Waals surface area contributed by atoms with Gasteiger partial charge in [-0.15, -0.1) is 0 Å². The van der Waals surface area contributed by atoms with Crippen LogP contribution in [0, 0.1) is 20.8 Å². The Bertz CT molecular complexity index is 1210. The summed E-state index contributed by atoms with van der Waals surface area (Å²) in [4.78, 5) is 32.0. The van der Waals surface area contributed by atoms with Crippen molar-refractivity contribution in [3.05, 3.63) is 40.6 Å². The van der Waals surface area contributed by atoms with Gasteiger partial charge < -0.3 is 9.80 Å². The average molecular weight is 448 g/mol. The molecule has 1 saturated heterocycles. The quantitative estimate of drug-likeness (QED) is 0.608. The van der Waals surface area contributed by atoms with Gasteiger partial charge in [0.1, 0.15) is 11.6 Å². The number of hydrogen-bond donors (Lipinski definition) is 0. The minimum Gasteiger partial charge on any atom is -0.353 e. The van der Waals surface area contributed by atoms with E-state index in [1.165, 1.54) is 0 Å². The number of fused-ring (bicyclic) bond motifs is 1. The molecule has 8 nitrogen and oxygen atoms in total. The summed E-state index contributed by atoms with van der Waals surface area (Å²) in [5, 5.41) is 5.69. The van der Waals surface area contributed by atoms with E-state index < -0.39 is 0 Å². The molecule has 0 N–H and O–H groups in total. The third-order valence-electron chi connectivity index (χ3n) is 6.54. The molecule has 1 aliphatic heterocycles. The second-order valence-corrected chi connectivity index (χ2v) is 10.4. The molecular formula is C25H33N7O. The summed E-state index contributed by atoms with van der Waals surface area (Å²) in [5.74, 6) is 2.26. The highest BCUT2D eigenvalue weighted by Gasteiger charge is 2.32. The molecule has 33 heavy (non-hydrogen) atoms. The zero-order valence-electron chi connectivity index (χ0n) is 20.5. The lowest BCUT2D eigenvalue weighted by molar-refractivity contribution is 0.0748. The first-order valence-corrected chi connectivity index (χ1v) is 11.9. The van der Waals surface area contributed by atoms with Gasteiger partial charge in [0, 0.05) is 49.6 Å². The zero-order chi connectivity index (χ0) is 23.5. The molecule has 2 aliphatic rings. The van der Waals surface area contributed by atoms with Crippen LogP contribution in [-0.4, -0.2) is 61.7 Å². The van der Waals surface area contributed by atoms with E-state index in [9.17, 15) is 4.79 Å². The highest BCUT2D eigenvalue weighted by Crippen LogP contribution is 2.41. The summed E-state index contributed by atoms with van der Waals surface area (Å²) in [6, 6.07) is 4.05. The van der Waals surface area contributed by atoms with Gasteiger partial charge in [-0.25, -0.2) is 19.6 Å². The average Bonchev–Trinajstić information content (AvgIpc) is 3.55. The minimum absolute atomic E-state index is 0.0792. The first kappa shape index (κ1) is 21.8. The first-order chi connectivity index (χ1) is 15.6. The third-order valence-corrected chi connectivity index (χ3v) is 6.54. The van der Waals surface area contributed by atoms with E-state index in [4.69, 9.17) is 10.1 Å². The smallest absolute Gasteiger partial charge is 0.254 e. The number of piperazine rings is 1. The second kappa shape index (κ2) is 7.78. The number of amides is 1. The Morgan fingerprint density at radius 1 is 0.970 bits per heavy atom. The fourth-order valence-corrected chi connectivity index (χ4v) is 4.70. The summed E-state index contributed by atoms with van der Waals surface area (Å²) >= 11 is 0. The zero-order valence-corrected chi connectivity index (χ0v) is 20.5. The first-order valence-electron chi connectivity index (χ1n) is 11.9. The van der Waals surface area contributed by atoms with Crippen LogP contribution >= 0.6 is 0 Å². The Hall–Kier alpha value is -3.03. The van der Waals surface area contributed by atoms with Gasteiger partial charge in [0.2, 0.25) is 0 Å². The van der Waals surface area contributed by atoms with Gasteiger partial charge in [-0.2, -0.15) is 5.10 Å². The van der Waals surface area contributed by atoms with Crippen molar-refractivity contribution in [1.82, 2.24) is 29.6 Å². The van der Waals surface area contributed by atoms with Crippen LogP contribution in [-0.2, 0) is 5.54 Å². The topological polar surface area (TPSA) is 80.0 Å². The van der Waals surface area contributed by atoms with E-state index >= 15 is 0 Å². The van der Waals surface area contributed by atoms with Crippen LogP contribution in [0.4, 0.5) is 5.82 Å². The predicted octanol–water partition coefficient (Wildman–Crippen LogP) is 3.74. The molecule has 0 bridgehead atoms. The molecule has 1 saturated carbocycles. The number of carbonyl (C=O) groups is 1. The van der Waals surface area contributed by atoms with E-state index in [1.54, 1.807) is 0 Å². The lowest BCUT2D eigenvalue weighted by atomic mass is 10.1. The minimum atomic E-state index is -0.207. The predicted molar refractivity (Wildman–Crippen MR) is 129 cm³/mol. The number of aryl methyl sites for hydroxylation is 3. The van der Waals surface area contributed by atoms with Gasteiger partial charge in [-0.1, -0.05) is 0 Å². The van der Waals surface area contributed by atoms with Crippen molar-refractivity contribution in [1.29, 1.82) is 0 Å². The number of pyridine rings is 1. The van der Waals surface area contributed by atoms with Crippen molar-refractivity contribution in [2.24, 2.45) is 0 Å². The highest BCUT2D eigenvalue weighted by molar-refractivity contribution is 6.06. The van der Waals surface area contributed by atoms with Crippen LogP contribution in [0.3, 0.4) is 0 Å². The van der Waals surface area contributed by atoms with Crippen LogP contribution < -0.4 is 4.90 Å². The Morgan fingerprint density at radius 2 is 1.67 bits per heavy atom. The molecule has 0 spiro atoms. The largest absolute Gasteiger partial charge is 0.353 e. The fourth-order valence-electron chi connectivity index (χ4n) is 4.70. The van der Waals surface area contributed by atoms with Crippen LogP contribution in [0.2, 0.25) is 0 Å². The molecule has 0 radical (unpaired) electrons. The second-order valence-electron chi connectivity index (χ2n) is 10.4. The molecule has 0 aromatic carbocycles. The molecule has 4 heterocycles. The summed E-state index contributed by atoms with van der Waals surface area (Å²) in [7, 11) is 0. The Kier molecular flexibility index (Phi) is 5.14.